The first-order valence-electron chi connectivity index (χ1n) is 9.52. The van der Waals surface area contributed by atoms with Crippen molar-refractivity contribution < 1.29 is 9.66 Å². The van der Waals surface area contributed by atoms with Crippen LogP contribution in [-0.4, -0.2) is 37.2 Å². The van der Waals surface area contributed by atoms with E-state index in [0.717, 1.165) is 50.7 Å². The van der Waals surface area contributed by atoms with Crippen molar-refractivity contribution in [2.45, 2.75) is 45.6 Å². The second-order valence-electron chi connectivity index (χ2n) is 6.69. The summed E-state index contributed by atoms with van der Waals surface area (Å²) in [6.07, 6.45) is 5.90. The van der Waals surface area contributed by atoms with Crippen LogP contribution >= 0.6 is 0 Å². The Hall–Kier alpha value is -2.15. The van der Waals surface area contributed by atoms with E-state index < -0.39 is 0 Å². The van der Waals surface area contributed by atoms with Crippen molar-refractivity contribution in [2.24, 2.45) is 10.9 Å². The molecule has 0 aromatic heterocycles. The molecule has 0 spiro atoms. The number of nitrogens with one attached hydrogen (secondary N) is 2. The van der Waals surface area contributed by atoms with Gasteiger partial charge in [-0.25, -0.2) is 4.99 Å². The smallest absolute Gasteiger partial charge is 0.269 e. The number of benzene rings is 1. The molecule has 1 atom stereocenters. The summed E-state index contributed by atoms with van der Waals surface area (Å²) < 4.78 is 5.42. The second-order valence-corrected chi connectivity index (χ2v) is 6.69. The summed E-state index contributed by atoms with van der Waals surface area (Å²) in [5.74, 6) is 1.33. The first-order chi connectivity index (χ1) is 12.7. The zero-order valence-electron chi connectivity index (χ0n) is 15.6. The third kappa shape index (κ3) is 7.39. The number of nitro groups is 1. The number of unbranched alkanes of at least 4 members (excludes halogenated alkanes) is 3. The van der Waals surface area contributed by atoms with Crippen LogP contribution in [0.1, 0.15) is 44.6 Å². The van der Waals surface area contributed by atoms with E-state index in [1.54, 1.807) is 12.1 Å². The van der Waals surface area contributed by atoms with Gasteiger partial charge in [0, 0.05) is 37.7 Å². The van der Waals surface area contributed by atoms with Crippen LogP contribution in [0.5, 0.6) is 0 Å². The van der Waals surface area contributed by atoms with Gasteiger partial charge in [-0.15, -0.1) is 0 Å². The predicted molar refractivity (Wildman–Crippen MR) is 103 cm³/mol. The normalized spacial score (nSPS) is 17.3. The van der Waals surface area contributed by atoms with Gasteiger partial charge in [-0.3, -0.25) is 10.1 Å². The first-order valence-corrected chi connectivity index (χ1v) is 9.52. The number of hydrogen-bond donors (Lipinski definition) is 2. The van der Waals surface area contributed by atoms with Gasteiger partial charge < -0.3 is 15.4 Å². The molecule has 1 unspecified atom stereocenters. The van der Waals surface area contributed by atoms with Crippen molar-refractivity contribution in [3.63, 3.8) is 0 Å². The molecule has 0 saturated carbocycles. The van der Waals surface area contributed by atoms with Gasteiger partial charge in [-0.1, -0.05) is 38.3 Å². The minimum atomic E-state index is -0.387. The summed E-state index contributed by atoms with van der Waals surface area (Å²) in [7, 11) is 0. The minimum absolute atomic E-state index is 0.103. The molecular formula is C19H30N4O3. The molecule has 2 rings (SSSR count). The fourth-order valence-corrected chi connectivity index (χ4v) is 2.81. The fraction of sp³-hybridized carbons (Fsp3) is 0.632. The SMILES string of the molecule is CCCCCCNC(=NCc1ccc([N+](=O)[O-])cc1)NCC1CCOC1. The number of non-ortho nitro benzene ring substituents is 1. The topological polar surface area (TPSA) is 88.8 Å². The lowest BCUT2D eigenvalue weighted by Gasteiger charge is -2.15. The zero-order valence-corrected chi connectivity index (χ0v) is 15.6. The lowest BCUT2D eigenvalue weighted by Crippen LogP contribution is -2.40. The largest absolute Gasteiger partial charge is 0.381 e. The summed E-state index contributed by atoms with van der Waals surface area (Å²) in [5.41, 5.74) is 1.05. The molecule has 1 aliphatic rings. The second kappa shape index (κ2) is 11.5. The van der Waals surface area contributed by atoms with Crippen LogP contribution in [0.3, 0.4) is 0 Å². The molecule has 1 aliphatic heterocycles. The predicted octanol–water partition coefficient (Wildman–Crippen LogP) is 3.25. The van der Waals surface area contributed by atoms with Gasteiger partial charge in [0.1, 0.15) is 0 Å². The van der Waals surface area contributed by atoms with Crippen LogP contribution < -0.4 is 10.6 Å². The maximum Gasteiger partial charge on any atom is 0.269 e. The van der Waals surface area contributed by atoms with Gasteiger partial charge in [-0.05, 0) is 18.4 Å². The molecule has 0 radical (unpaired) electrons. The van der Waals surface area contributed by atoms with Crippen LogP contribution in [-0.2, 0) is 11.3 Å². The van der Waals surface area contributed by atoms with Crippen LogP contribution in [0.4, 0.5) is 5.69 Å². The van der Waals surface area contributed by atoms with Crippen molar-refractivity contribution in [1.82, 2.24) is 10.6 Å². The van der Waals surface area contributed by atoms with E-state index in [1.807, 2.05) is 0 Å². The summed E-state index contributed by atoms with van der Waals surface area (Å²) in [5, 5.41) is 17.5. The Morgan fingerprint density at radius 3 is 2.73 bits per heavy atom. The van der Waals surface area contributed by atoms with Crippen LogP contribution in [0.25, 0.3) is 0 Å². The molecule has 1 fully saturated rings. The molecule has 2 N–H and O–H groups in total. The Bertz CT molecular complexity index is 569. The highest BCUT2D eigenvalue weighted by atomic mass is 16.6. The molecule has 144 valence electrons. The Morgan fingerprint density at radius 1 is 1.27 bits per heavy atom. The average Bonchev–Trinajstić information content (AvgIpc) is 3.17. The quantitative estimate of drug-likeness (QED) is 0.219. The van der Waals surface area contributed by atoms with E-state index in [9.17, 15) is 10.1 Å². The average molecular weight is 362 g/mol. The van der Waals surface area contributed by atoms with Crippen LogP contribution in [0.2, 0.25) is 0 Å². The van der Waals surface area contributed by atoms with E-state index in [4.69, 9.17) is 4.74 Å². The summed E-state index contributed by atoms with van der Waals surface area (Å²) in [6, 6.07) is 6.55. The number of nitrogens with zero attached hydrogens (tertiary/aromatic N) is 2. The van der Waals surface area contributed by atoms with Crippen LogP contribution in [0, 0.1) is 16.0 Å². The number of hydrogen-bond acceptors (Lipinski definition) is 4. The highest BCUT2D eigenvalue weighted by Crippen LogP contribution is 2.13. The Kier molecular flexibility index (Phi) is 8.89. The molecule has 0 amide bonds. The molecule has 1 heterocycles. The number of rotatable bonds is 10. The molecule has 0 aliphatic carbocycles. The zero-order chi connectivity index (χ0) is 18.6. The van der Waals surface area contributed by atoms with E-state index in [0.29, 0.717) is 12.5 Å². The van der Waals surface area contributed by atoms with Gasteiger partial charge in [-0.2, -0.15) is 0 Å². The highest BCUT2D eigenvalue weighted by molar-refractivity contribution is 5.79. The summed E-state index contributed by atoms with van der Waals surface area (Å²) >= 11 is 0. The number of aliphatic imine (C=N–C) groups is 1. The fourth-order valence-electron chi connectivity index (χ4n) is 2.81. The molecule has 7 nitrogen and oxygen atoms in total. The van der Waals surface area contributed by atoms with Crippen molar-refractivity contribution >= 4 is 11.6 Å². The third-order valence-electron chi connectivity index (χ3n) is 4.47. The van der Waals surface area contributed by atoms with Gasteiger partial charge in [0.25, 0.3) is 5.69 Å². The molecular weight excluding hydrogens is 332 g/mol. The van der Waals surface area contributed by atoms with Gasteiger partial charge in [0.15, 0.2) is 5.96 Å². The standard InChI is InChI=1S/C19H30N4O3/c1-2-3-4-5-11-20-19(22-14-17-10-12-26-15-17)21-13-16-6-8-18(9-7-16)23(24)25/h6-9,17H,2-5,10-15H2,1H3,(H2,20,21,22). The van der Waals surface area contributed by atoms with Gasteiger partial charge in [0.05, 0.1) is 18.1 Å². The van der Waals surface area contributed by atoms with Crippen LogP contribution in [0.15, 0.2) is 29.3 Å². The van der Waals surface area contributed by atoms with E-state index in [-0.39, 0.29) is 10.6 Å². The Balaban J connectivity index is 1.86. The number of guanidine groups is 1. The Morgan fingerprint density at radius 2 is 2.08 bits per heavy atom. The summed E-state index contributed by atoms with van der Waals surface area (Å²) in [4.78, 5) is 15.0. The van der Waals surface area contributed by atoms with Crippen molar-refractivity contribution in [2.75, 3.05) is 26.3 Å². The van der Waals surface area contributed by atoms with Crippen molar-refractivity contribution in [3.05, 3.63) is 39.9 Å². The van der Waals surface area contributed by atoms with E-state index in [2.05, 4.69) is 22.5 Å². The number of nitro benzene ring substituents is 1. The molecule has 1 aromatic carbocycles. The summed E-state index contributed by atoms with van der Waals surface area (Å²) in [6.45, 7) is 6.08. The maximum atomic E-state index is 10.7. The van der Waals surface area contributed by atoms with Crippen molar-refractivity contribution in [1.29, 1.82) is 0 Å². The minimum Gasteiger partial charge on any atom is -0.381 e. The van der Waals surface area contributed by atoms with Crippen molar-refractivity contribution in [3.8, 4) is 0 Å². The molecule has 26 heavy (non-hydrogen) atoms. The molecule has 0 bridgehead atoms. The molecule has 1 saturated heterocycles. The maximum absolute atomic E-state index is 10.7. The van der Waals surface area contributed by atoms with Gasteiger partial charge in [0.2, 0.25) is 0 Å². The molecule has 1 aromatic rings. The number of ether oxygens (including phenoxy) is 1. The first kappa shape index (κ1) is 20.2. The lowest BCUT2D eigenvalue weighted by atomic mass is 10.1. The monoisotopic (exact) mass is 362 g/mol. The molecule has 7 heteroatoms. The third-order valence-corrected chi connectivity index (χ3v) is 4.47. The Labute approximate surface area is 155 Å². The van der Waals surface area contributed by atoms with E-state index in [1.165, 1.54) is 31.4 Å². The highest BCUT2D eigenvalue weighted by Gasteiger charge is 2.15. The van der Waals surface area contributed by atoms with Gasteiger partial charge >= 0.3 is 0 Å². The van der Waals surface area contributed by atoms with E-state index >= 15 is 0 Å². The lowest BCUT2D eigenvalue weighted by molar-refractivity contribution is -0.384.